The van der Waals surface area contributed by atoms with Gasteiger partial charge in [0.15, 0.2) is 0 Å². The van der Waals surface area contributed by atoms with E-state index < -0.39 is 0 Å². The van der Waals surface area contributed by atoms with Crippen LogP contribution in [-0.4, -0.2) is 54.1 Å². The van der Waals surface area contributed by atoms with Crippen LogP contribution in [0.3, 0.4) is 0 Å². The number of hydrogen-bond acceptors (Lipinski definition) is 6. The van der Waals surface area contributed by atoms with Crippen molar-refractivity contribution in [1.29, 1.82) is 0 Å². The Bertz CT molecular complexity index is 466. The highest BCUT2D eigenvalue weighted by atomic mass is 35.5. The average molecular weight is 315 g/mol. The minimum Gasteiger partial charge on any atom is -0.358 e. The van der Waals surface area contributed by atoms with Crippen molar-refractivity contribution in [3.8, 4) is 0 Å². The lowest BCUT2D eigenvalue weighted by Gasteiger charge is -2.24. The van der Waals surface area contributed by atoms with Gasteiger partial charge in [-0.1, -0.05) is 6.92 Å². The third kappa shape index (κ3) is 5.00. The molecule has 0 fully saturated rings. The van der Waals surface area contributed by atoms with Crippen LogP contribution in [0, 0.1) is 0 Å². The van der Waals surface area contributed by atoms with E-state index in [-0.39, 0.29) is 17.7 Å². The summed E-state index contributed by atoms with van der Waals surface area (Å²) < 4.78 is 0. The van der Waals surface area contributed by atoms with Gasteiger partial charge in [0.25, 0.3) is 0 Å². The predicted octanol–water partition coefficient (Wildman–Crippen LogP) is 1.33. The predicted molar refractivity (Wildman–Crippen MR) is 85.0 cm³/mol. The van der Waals surface area contributed by atoms with Gasteiger partial charge in [0.2, 0.25) is 23.1 Å². The van der Waals surface area contributed by atoms with Gasteiger partial charge in [0, 0.05) is 26.7 Å². The molecule has 1 rings (SSSR count). The van der Waals surface area contributed by atoms with Gasteiger partial charge in [-0.2, -0.15) is 15.0 Å². The minimum absolute atomic E-state index is 0.0932. The number of rotatable bonds is 8. The molecule has 0 aliphatic carbocycles. The smallest absolute Gasteiger partial charge is 0.239 e. The fourth-order valence-electron chi connectivity index (χ4n) is 1.89. The summed E-state index contributed by atoms with van der Waals surface area (Å²) in [5.41, 5.74) is 0. The molecule has 0 spiro atoms. The topological polar surface area (TPSA) is 74.2 Å². The molecule has 0 saturated carbocycles. The number of likely N-dealkylation sites (N-methyl/N-ethyl adjacent to an activating group) is 1. The summed E-state index contributed by atoms with van der Waals surface area (Å²) in [6, 6.07) is 0. The van der Waals surface area contributed by atoms with E-state index in [1.54, 1.807) is 11.9 Å². The Labute approximate surface area is 130 Å². The van der Waals surface area contributed by atoms with Crippen LogP contribution in [0.5, 0.6) is 0 Å². The van der Waals surface area contributed by atoms with E-state index in [4.69, 9.17) is 11.6 Å². The Balaban J connectivity index is 3.09. The number of nitrogens with one attached hydrogen (secondary N) is 1. The Morgan fingerprint density at radius 1 is 1.10 bits per heavy atom. The number of anilines is 2. The number of nitrogens with zero attached hydrogens (tertiary/aromatic N) is 5. The highest BCUT2D eigenvalue weighted by Gasteiger charge is 2.17. The van der Waals surface area contributed by atoms with Gasteiger partial charge in [0.1, 0.15) is 0 Å². The maximum Gasteiger partial charge on any atom is 0.239 e. The standard InChI is InChI=1S/C13H23ClN6O/c1-5-8-20(9-10(21)15-4)13-17-11(14)16-12(18-13)19(6-2)7-3/h5-9H2,1-4H3,(H,15,21). The third-order valence-corrected chi connectivity index (χ3v) is 3.19. The molecule has 8 heteroatoms. The van der Waals surface area contributed by atoms with E-state index >= 15 is 0 Å². The highest BCUT2D eigenvalue weighted by molar-refractivity contribution is 6.28. The number of halogens is 1. The molecule has 0 bridgehead atoms. The second-order valence-corrected chi connectivity index (χ2v) is 4.81. The molecule has 118 valence electrons. The normalized spacial score (nSPS) is 10.3. The van der Waals surface area contributed by atoms with Crippen molar-refractivity contribution in [2.24, 2.45) is 0 Å². The first-order chi connectivity index (χ1) is 10.0. The summed E-state index contributed by atoms with van der Waals surface area (Å²) in [4.78, 5) is 28.2. The number of amides is 1. The molecule has 1 heterocycles. The van der Waals surface area contributed by atoms with E-state index in [1.165, 1.54) is 0 Å². The molecule has 0 aliphatic heterocycles. The number of aromatic nitrogens is 3. The van der Waals surface area contributed by atoms with Gasteiger partial charge in [-0.25, -0.2) is 0 Å². The largest absolute Gasteiger partial charge is 0.358 e. The second kappa shape index (κ2) is 8.61. The van der Waals surface area contributed by atoms with Gasteiger partial charge in [-0.15, -0.1) is 0 Å². The van der Waals surface area contributed by atoms with E-state index in [1.807, 2.05) is 25.7 Å². The van der Waals surface area contributed by atoms with Gasteiger partial charge in [-0.05, 0) is 31.9 Å². The van der Waals surface area contributed by atoms with Gasteiger partial charge >= 0.3 is 0 Å². The van der Waals surface area contributed by atoms with Crippen molar-refractivity contribution >= 4 is 29.4 Å². The van der Waals surface area contributed by atoms with Gasteiger partial charge in [0.05, 0.1) is 6.54 Å². The van der Waals surface area contributed by atoms with Crippen molar-refractivity contribution < 1.29 is 4.79 Å². The van der Waals surface area contributed by atoms with Crippen molar-refractivity contribution in [2.45, 2.75) is 27.2 Å². The zero-order valence-corrected chi connectivity index (χ0v) is 13.8. The summed E-state index contributed by atoms with van der Waals surface area (Å²) in [6.07, 6.45) is 0.876. The van der Waals surface area contributed by atoms with E-state index in [9.17, 15) is 4.79 Å². The first-order valence-electron chi connectivity index (χ1n) is 7.17. The lowest BCUT2D eigenvalue weighted by atomic mass is 10.4. The van der Waals surface area contributed by atoms with Crippen LogP contribution >= 0.6 is 11.6 Å². The summed E-state index contributed by atoms with van der Waals surface area (Å²) in [7, 11) is 1.61. The van der Waals surface area contributed by atoms with Crippen LogP contribution in [0.1, 0.15) is 27.2 Å². The highest BCUT2D eigenvalue weighted by Crippen LogP contribution is 2.16. The molecule has 0 atom stereocenters. The maximum atomic E-state index is 11.6. The van der Waals surface area contributed by atoms with Gasteiger partial charge < -0.3 is 15.1 Å². The monoisotopic (exact) mass is 314 g/mol. The van der Waals surface area contributed by atoms with Gasteiger partial charge in [-0.3, -0.25) is 4.79 Å². The number of carbonyl (C=O) groups excluding carboxylic acids is 1. The first kappa shape index (κ1) is 17.4. The third-order valence-electron chi connectivity index (χ3n) is 3.02. The summed E-state index contributed by atoms with van der Waals surface area (Å²) >= 11 is 6.01. The van der Waals surface area contributed by atoms with Crippen LogP contribution in [0.4, 0.5) is 11.9 Å². The quantitative estimate of drug-likeness (QED) is 0.780. The van der Waals surface area contributed by atoms with Crippen molar-refractivity contribution in [3.63, 3.8) is 0 Å². The Kier molecular flexibility index (Phi) is 7.14. The van der Waals surface area contributed by atoms with Crippen LogP contribution < -0.4 is 15.1 Å². The van der Waals surface area contributed by atoms with Crippen LogP contribution in [-0.2, 0) is 4.79 Å². The minimum atomic E-state index is -0.0932. The SMILES string of the molecule is CCCN(CC(=O)NC)c1nc(Cl)nc(N(CC)CC)n1. The molecule has 1 aromatic heterocycles. The first-order valence-corrected chi connectivity index (χ1v) is 7.55. The number of carbonyl (C=O) groups is 1. The van der Waals surface area contributed by atoms with Crippen molar-refractivity contribution in [2.75, 3.05) is 43.0 Å². The Hall–Kier alpha value is -1.63. The molecular formula is C13H23ClN6O. The maximum absolute atomic E-state index is 11.6. The van der Waals surface area contributed by atoms with Crippen LogP contribution in [0.25, 0.3) is 0 Å². The molecule has 0 radical (unpaired) electrons. The lowest BCUT2D eigenvalue weighted by Crippen LogP contribution is -2.37. The summed E-state index contributed by atoms with van der Waals surface area (Å²) in [5.74, 6) is 0.875. The van der Waals surface area contributed by atoms with Crippen molar-refractivity contribution in [3.05, 3.63) is 5.28 Å². The average Bonchev–Trinajstić information content (AvgIpc) is 2.47. The van der Waals surface area contributed by atoms with Crippen LogP contribution in [0.2, 0.25) is 5.28 Å². The molecule has 0 unspecified atom stereocenters. The fraction of sp³-hybridized carbons (Fsp3) is 0.692. The second-order valence-electron chi connectivity index (χ2n) is 4.47. The molecule has 1 amide bonds. The summed E-state index contributed by atoms with van der Waals surface area (Å²) in [5, 5.41) is 2.74. The Morgan fingerprint density at radius 2 is 1.67 bits per heavy atom. The van der Waals surface area contributed by atoms with E-state index in [0.717, 1.165) is 19.5 Å². The summed E-state index contributed by atoms with van der Waals surface area (Å²) in [6.45, 7) is 8.50. The molecule has 1 aromatic rings. The molecule has 0 aromatic carbocycles. The molecule has 7 nitrogen and oxygen atoms in total. The lowest BCUT2D eigenvalue weighted by molar-refractivity contribution is -0.119. The Morgan fingerprint density at radius 3 is 2.14 bits per heavy atom. The van der Waals surface area contributed by atoms with Crippen LogP contribution in [0.15, 0.2) is 0 Å². The zero-order valence-electron chi connectivity index (χ0n) is 13.1. The van der Waals surface area contributed by atoms with Crippen molar-refractivity contribution in [1.82, 2.24) is 20.3 Å². The molecule has 0 saturated heterocycles. The molecule has 1 N–H and O–H groups in total. The van der Waals surface area contributed by atoms with E-state index in [0.29, 0.717) is 18.4 Å². The van der Waals surface area contributed by atoms with E-state index in [2.05, 4.69) is 20.3 Å². The number of hydrogen-bond donors (Lipinski definition) is 1. The zero-order chi connectivity index (χ0) is 15.8. The molecular weight excluding hydrogens is 292 g/mol. The molecule has 0 aliphatic rings. The fourth-order valence-corrected chi connectivity index (χ4v) is 2.04. The molecule has 21 heavy (non-hydrogen) atoms.